The Morgan fingerprint density at radius 2 is 1.96 bits per heavy atom. The highest BCUT2D eigenvalue weighted by Crippen LogP contribution is 2.32. The van der Waals surface area contributed by atoms with E-state index in [0.29, 0.717) is 24.2 Å². The quantitative estimate of drug-likeness (QED) is 0.870. The van der Waals surface area contributed by atoms with E-state index >= 15 is 0 Å². The van der Waals surface area contributed by atoms with Crippen LogP contribution in [0.15, 0.2) is 4.52 Å². The molecule has 1 saturated heterocycles. The maximum absolute atomic E-state index is 12.1. The fourth-order valence-corrected chi connectivity index (χ4v) is 3.77. The average molecular weight is 320 g/mol. The highest BCUT2D eigenvalue weighted by Gasteiger charge is 2.27. The van der Waals surface area contributed by atoms with Crippen LogP contribution in [0.4, 0.5) is 0 Å². The predicted octanol–water partition coefficient (Wildman–Crippen LogP) is 2.30. The molecule has 1 aromatic heterocycles. The van der Waals surface area contributed by atoms with Crippen LogP contribution >= 0.6 is 0 Å². The van der Waals surface area contributed by atoms with Gasteiger partial charge in [-0.05, 0) is 70.9 Å². The van der Waals surface area contributed by atoms with Crippen LogP contribution in [0, 0.1) is 12.8 Å². The summed E-state index contributed by atoms with van der Waals surface area (Å²) >= 11 is 0. The summed E-state index contributed by atoms with van der Waals surface area (Å²) in [7, 11) is 0. The monoisotopic (exact) mass is 320 g/mol. The summed E-state index contributed by atoms with van der Waals surface area (Å²) in [5.41, 5.74) is 0. The first-order chi connectivity index (χ1) is 11.2. The summed E-state index contributed by atoms with van der Waals surface area (Å²) in [6.07, 6.45) is 8.17. The third-order valence-electron chi connectivity index (χ3n) is 5.22. The van der Waals surface area contributed by atoms with Crippen LogP contribution in [0.3, 0.4) is 0 Å². The van der Waals surface area contributed by atoms with E-state index in [4.69, 9.17) is 4.52 Å². The van der Waals surface area contributed by atoms with E-state index in [2.05, 4.69) is 20.8 Å². The van der Waals surface area contributed by atoms with Crippen molar-refractivity contribution in [1.29, 1.82) is 0 Å². The summed E-state index contributed by atoms with van der Waals surface area (Å²) in [5.74, 6) is 2.77. The molecule has 128 valence electrons. The Bertz CT molecular complexity index is 502. The molecule has 1 saturated carbocycles. The molecule has 1 amide bonds. The van der Waals surface area contributed by atoms with Crippen molar-refractivity contribution >= 4 is 5.91 Å². The summed E-state index contributed by atoms with van der Waals surface area (Å²) in [6.45, 7) is 4.05. The number of rotatable bonds is 5. The molecule has 2 N–H and O–H groups in total. The lowest BCUT2D eigenvalue weighted by Gasteiger charge is -2.27. The number of hydrogen-bond acceptors (Lipinski definition) is 5. The van der Waals surface area contributed by atoms with E-state index in [9.17, 15) is 4.79 Å². The van der Waals surface area contributed by atoms with Crippen LogP contribution in [-0.2, 0) is 4.79 Å². The summed E-state index contributed by atoms with van der Waals surface area (Å²) in [6, 6.07) is 0.316. The molecule has 2 fully saturated rings. The fourth-order valence-electron chi connectivity index (χ4n) is 3.77. The van der Waals surface area contributed by atoms with Crippen LogP contribution in [0.25, 0.3) is 0 Å². The van der Waals surface area contributed by atoms with E-state index in [1.165, 1.54) is 12.8 Å². The number of aromatic nitrogens is 2. The van der Waals surface area contributed by atoms with E-state index in [1.807, 2.05) is 6.92 Å². The highest BCUT2D eigenvalue weighted by molar-refractivity contribution is 5.76. The zero-order valence-corrected chi connectivity index (χ0v) is 14.0. The van der Waals surface area contributed by atoms with Gasteiger partial charge in [-0.3, -0.25) is 4.79 Å². The number of aryl methyl sites for hydroxylation is 1. The summed E-state index contributed by atoms with van der Waals surface area (Å²) in [5, 5.41) is 10.5. The second kappa shape index (κ2) is 7.90. The summed E-state index contributed by atoms with van der Waals surface area (Å²) < 4.78 is 5.27. The van der Waals surface area contributed by atoms with Crippen molar-refractivity contribution in [2.45, 2.75) is 70.3 Å². The number of nitrogens with one attached hydrogen (secondary N) is 2. The normalized spacial score (nSPS) is 26.1. The molecule has 0 bridgehead atoms. The van der Waals surface area contributed by atoms with E-state index in [1.54, 1.807) is 0 Å². The second-order valence-electron chi connectivity index (χ2n) is 7.03. The molecule has 1 aliphatic carbocycles. The first kappa shape index (κ1) is 16.4. The number of amides is 1. The molecule has 1 aromatic rings. The molecule has 6 nitrogen and oxygen atoms in total. The Labute approximate surface area is 137 Å². The zero-order valence-electron chi connectivity index (χ0n) is 14.0. The van der Waals surface area contributed by atoms with E-state index in [0.717, 1.165) is 57.0 Å². The Morgan fingerprint density at radius 3 is 2.61 bits per heavy atom. The number of carbonyl (C=O) groups is 1. The molecular weight excluding hydrogens is 292 g/mol. The van der Waals surface area contributed by atoms with Crippen molar-refractivity contribution in [1.82, 2.24) is 20.8 Å². The lowest BCUT2D eigenvalue weighted by Crippen LogP contribution is -2.37. The third-order valence-corrected chi connectivity index (χ3v) is 5.22. The molecule has 6 heteroatoms. The second-order valence-corrected chi connectivity index (χ2v) is 7.03. The Morgan fingerprint density at radius 1 is 1.22 bits per heavy atom. The maximum Gasteiger partial charge on any atom is 0.229 e. The molecule has 0 aromatic carbocycles. The van der Waals surface area contributed by atoms with E-state index in [-0.39, 0.29) is 5.91 Å². The Kier molecular flexibility index (Phi) is 5.65. The van der Waals surface area contributed by atoms with Crippen LogP contribution in [0.5, 0.6) is 0 Å². The minimum absolute atomic E-state index is 0.223. The SMILES string of the molecule is Cc1noc(C2CCC(NC(=O)CCC3CCNCC3)CC2)n1. The Hall–Kier alpha value is -1.43. The fraction of sp³-hybridized carbons (Fsp3) is 0.824. The van der Waals surface area contributed by atoms with Crippen LogP contribution in [-0.4, -0.2) is 35.2 Å². The molecule has 23 heavy (non-hydrogen) atoms. The van der Waals surface area contributed by atoms with Gasteiger partial charge in [0.25, 0.3) is 0 Å². The van der Waals surface area contributed by atoms with Gasteiger partial charge in [-0.25, -0.2) is 0 Å². The molecular formula is C17H28N4O2. The number of nitrogens with zero attached hydrogens (tertiary/aromatic N) is 2. The lowest BCUT2D eigenvalue weighted by molar-refractivity contribution is -0.122. The topological polar surface area (TPSA) is 80.0 Å². The van der Waals surface area contributed by atoms with Gasteiger partial charge in [-0.15, -0.1) is 0 Å². The van der Waals surface area contributed by atoms with Crippen LogP contribution < -0.4 is 10.6 Å². The standard InChI is InChI=1S/C17H28N4O2/c1-12-19-17(23-21-12)14-3-5-15(6-4-14)20-16(22)7-2-13-8-10-18-11-9-13/h13-15,18H,2-11H2,1H3,(H,20,22). The zero-order chi connectivity index (χ0) is 16.1. The van der Waals surface area contributed by atoms with Crippen molar-refractivity contribution in [3.05, 3.63) is 11.7 Å². The highest BCUT2D eigenvalue weighted by atomic mass is 16.5. The molecule has 2 aliphatic rings. The van der Waals surface area contributed by atoms with Crippen LogP contribution in [0.1, 0.15) is 69.0 Å². The van der Waals surface area contributed by atoms with Crippen molar-refractivity contribution in [3.8, 4) is 0 Å². The molecule has 3 rings (SSSR count). The minimum atomic E-state index is 0.223. The van der Waals surface area contributed by atoms with Crippen molar-refractivity contribution in [2.75, 3.05) is 13.1 Å². The third kappa shape index (κ3) is 4.77. The van der Waals surface area contributed by atoms with Gasteiger partial charge in [0, 0.05) is 18.4 Å². The van der Waals surface area contributed by atoms with Gasteiger partial charge in [-0.2, -0.15) is 4.98 Å². The van der Waals surface area contributed by atoms with Gasteiger partial charge in [0.1, 0.15) is 0 Å². The molecule has 0 unspecified atom stereocenters. The molecule has 0 spiro atoms. The predicted molar refractivity (Wildman–Crippen MR) is 87.0 cm³/mol. The van der Waals surface area contributed by atoms with Gasteiger partial charge < -0.3 is 15.2 Å². The number of piperidine rings is 1. The van der Waals surface area contributed by atoms with Gasteiger partial charge >= 0.3 is 0 Å². The molecule has 0 radical (unpaired) electrons. The first-order valence-corrected chi connectivity index (χ1v) is 9.01. The molecule has 1 aliphatic heterocycles. The van der Waals surface area contributed by atoms with Gasteiger partial charge in [0.05, 0.1) is 0 Å². The maximum atomic E-state index is 12.1. The largest absolute Gasteiger partial charge is 0.353 e. The van der Waals surface area contributed by atoms with Gasteiger partial charge in [-0.1, -0.05) is 5.16 Å². The van der Waals surface area contributed by atoms with Crippen molar-refractivity contribution < 1.29 is 9.32 Å². The lowest BCUT2D eigenvalue weighted by atomic mass is 9.85. The Balaban J connectivity index is 1.35. The molecule has 0 atom stereocenters. The van der Waals surface area contributed by atoms with Crippen LogP contribution in [0.2, 0.25) is 0 Å². The average Bonchev–Trinajstić information content (AvgIpc) is 3.01. The van der Waals surface area contributed by atoms with Gasteiger partial charge in [0.15, 0.2) is 5.82 Å². The number of hydrogen-bond donors (Lipinski definition) is 2. The van der Waals surface area contributed by atoms with Crippen molar-refractivity contribution in [2.24, 2.45) is 5.92 Å². The van der Waals surface area contributed by atoms with Gasteiger partial charge in [0.2, 0.25) is 11.8 Å². The minimum Gasteiger partial charge on any atom is -0.353 e. The smallest absolute Gasteiger partial charge is 0.229 e. The van der Waals surface area contributed by atoms with E-state index < -0.39 is 0 Å². The number of carbonyl (C=O) groups excluding carboxylic acids is 1. The first-order valence-electron chi connectivity index (χ1n) is 9.01. The van der Waals surface area contributed by atoms with Crippen molar-refractivity contribution in [3.63, 3.8) is 0 Å². The molecule has 2 heterocycles. The summed E-state index contributed by atoms with van der Waals surface area (Å²) in [4.78, 5) is 16.5.